The molecule has 2 aromatic rings. The minimum atomic E-state index is -1.02. The van der Waals surface area contributed by atoms with Gasteiger partial charge in [0.15, 0.2) is 11.5 Å². The molecule has 0 radical (unpaired) electrons. The molecule has 0 spiro atoms. The summed E-state index contributed by atoms with van der Waals surface area (Å²) in [5.41, 5.74) is 2.28. The van der Waals surface area contributed by atoms with Gasteiger partial charge in [-0.15, -0.1) is 0 Å². The zero-order valence-electron chi connectivity index (χ0n) is 10.9. The topological polar surface area (TPSA) is 80.9 Å². The van der Waals surface area contributed by atoms with Crippen LogP contribution in [-0.2, 0) is 12.8 Å². The standard InChI is InChI=1S/C14H14N4O2/c19-14(20)11-6-7-18(17-11)13-9-2-1-3-10(9)15-12(16-13)8-4-5-8/h6-8H,1-5H2,(H,19,20). The lowest BCUT2D eigenvalue weighted by Crippen LogP contribution is -2.09. The summed E-state index contributed by atoms with van der Waals surface area (Å²) in [7, 11) is 0. The molecule has 1 N–H and O–H groups in total. The van der Waals surface area contributed by atoms with Crippen LogP contribution in [0.1, 0.15) is 52.8 Å². The van der Waals surface area contributed by atoms with Gasteiger partial charge < -0.3 is 5.11 Å². The molecule has 2 heterocycles. The summed E-state index contributed by atoms with van der Waals surface area (Å²) in [6.45, 7) is 0. The number of carbonyl (C=O) groups is 1. The van der Waals surface area contributed by atoms with Crippen molar-refractivity contribution in [1.29, 1.82) is 0 Å². The molecule has 0 atom stereocenters. The monoisotopic (exact) mass is 270 g/mol. The maximum atomic E-state index is 11.0. The second-order valence-corrected chi connectivity index (χ2v) is 5.41. The van der Waals surface area contributed by atoms with E-state index < -0.39 is 5.97 Å². The highest BCUT2D eigenvalue weighted by Crippen LogP contribution is 2.39. The van der Waals surface area contributed by atoms with Crippen molar-refractivity contribution < 1.29 is 9.90 Å². The predicted molar refractivity (Wildman–Crippen MR) is 70.1 cm³/mol. The molecule has 20 heavy (non-hydrogen) atoms. The summed E-state index contributed by atoms with van der Waals surface area (Å²) >= 11 is 0. The average Bonchev–Trinajstić information content (AvgIpc) is 2.99. The van der Waals surface area contributed by atoms with Gasteiger partial charge in [0.2, 0.25) is 0 Å². The summed E-state index contributed by atoms with van der Waals surface area (Å²) in [4.78, 5) is 20.3. The first-order chi connectivity index (χ1) is 9.72. The van der Waals surface area contributed by atoms with Crippen molar-refractivity contribution in [3.05, 3.63) is 35.0 Å². The molecule has 0 bridgehead atoms. The van der Waals surface area contributed by atoms with Crippen molar-refractivity contribution in [2.24, 2.45) is 0 Å². The highest BCUT2D eigenvalue weighted by atomic mass is 16.4. The van der Waals surface area contributed by atoms with Crippen LogP contribution < -0.4 is 0 Å². The van der Waals surface area contributed by atoms with E-state index in [0.717, 1.165) is 55.0 Å². The Hall–Kier alpha value is -2.24. The summed E-state index contributed by atoms with van der Waals surface area (Å²) in [5.74, 6) is 1.13. The Bertz CT molecular complexity index is 703. The third-order valence-electron chi connectivity index (χ3n) is 3.90. The number of carboxylic acid groups (broad SMARTS) is 1. The molecule has 0 aliphatic heterocycles. The number of aromatic nitrogens is 4. The molecule has 1 fully saturated rings. The van der Waals surface area contributed by atoms with Crippen LogP contribution >= 0.6 is 0 Å². The Kier molecular flexibility index (Phi) is 2.39. The zero-order chi connectivity index (χ0) is 13.7. The van der Waals surface area contributed by atoms with Crippen molar-refractivity contribution in [1.82, 2.24) is 19.7 Å². The van der Waals surface area contributed by atoms with Gasteiger partial charge in [-0.3, -0.25) is 0 Å². The van der Waals surface area contributed by atoms with E-state index in [-0.39, 0.29) is 5.69 Å². The normalized spacial score (nSPS) is 17.2. The van der Waals surface area contributed by atoms with Crippen molar-refractivity contribution in [2.75, 3.05) is 0 Å². The fourth-order valence-corrected chi connectivity index (χ4v) is 2.70. The fraction of sp³-hybridized carbons (Fsp3) is 0.429. The summed E-state index contributed by atoms with van der Waals surface area (Å²) in [6.07, 6.45) is 6.98. The van der Waals surface area contributed by atoms with Crippen LogP contribution in [0.15, 0.2) is 12.3 Å². The first kappa shape index (κ1) is 11.6. The molecule has 2 aromatic heterocycles. The molecule has 2 aliphatic rings. The molecule has 102 valence electrons. The van der Waals surface area contributed by atoms with E-state index in [9.17, 15) is 4.79 Å². The Labute approximate surface area is 115 Å². The van der Waals surface area contributed by atoms with E-state index in [1.807, 2.05) is 0 Å². The molecule has 0 saturated heterocycles. The van der Waals surface area contributed by atoms with E-state index in [1.165, 1.54) is 6.07 Å². The van der Waals surface area contributed by atoms with Gasteiger partial charge in [0.05, 0.1) is 0 Å². The number of hydrogen-bond donors (Lipinski definition) is 1. The Morgan fingerprint density at radius 3 is 2.85 bits per heavy atom. The van der Waals surface area contributed by atoms with Crippen LogP contribution in [0, 0.1) is 0 Å². The Morgan fingerprint density at radius 1 is 1.30 bits per heavy atom. The van der Waals surface area contributed by atoms with Gasteiger partial charge in [-0.25, -0.2) is 19.4 Å². The van der Waals surface area contributed by atoms with Gasteiger partial charge in [-0.05, 0) is 38.2 Å². The number of rotatable bonds is 3. The van der Waals surface area contributed by atoms with Crippen molar-refractivity contribution >= 4 is 5.97 Å². The molecule has 2 aliphatic carbocycles. The fourth-order valence-electron chi connectivity index (χ4n) is 2.70. The highest BCUT2D eigenvalue weighted by Gasteiger charge is 2.30. The zero-order valence-corrected chi connectivity index (χ0v) is 10.9. The number of nitrogens with zero attached hydrogens (tertiary/aromatic N) is 4. The smallest absolute Gasteiger partial charge is 0.356 e. The quantitative estimate of drug-likeness (QED) is 0.918. The molecule has 0 aromatic carbocycles. The molecular weight excluding hydrogens is 256 g/mol. The molecule has 4 rings (SSSR count). The molecule has 6 heteroatoms. The van der Waals surface area contributed by atoms with E-state index in [1.54, 1.807) is 10.9 Å². The van der Waals surface area contributed by atoms with Crippen LogP contribution in [0.4, 0.5) is 0 Å². The molecule has 0 unspecified atom stereocenters. The Balaban J connectivity index is 1.84. The molecular formula is C14H14N4O2. The number of carboxylic acids is 1. The van der Waals surface area contributed by atoms with Crippen molar-refractivity contribution in [2.45, 2.75) is 38.0 Å². The molecule has 0 amide bonds. The summed E-state index contributed by atoms with van der Waals surface area (Å²) in [5, 5.41) is 13.1. The summed E-state index contributed by atoms with van der Waals surface area (Å²) < 4.78 is 1.58. The Morgan fingerprint density at radius 2 is 2.15 bits per heavy atom. The molecule has 6 nitrogen and oxygen atoms in total. The second-order valence-electron chi connectivity index (χ2n) is 5.41. The van der Waals surface area contributed by atoms with Crippen molar-refractivity contribution in [3.63, 3.8) is 0 Å². The van der Waals surface area contributed by atoms with E-state index >= 15 is 0 Å². The predicted octanol–water partition coefficient (Wildman–Crippen LogP) is 1.73. The number of fused-ring (bicyclic) bond motifs is 1. The molecule has 1 saturated carbocycles. The SMILES string of the molecule is O=C(O)c1ccn(-c2nc(C3CC3)nc3c2CCC3)n1. The van der Waals surface area contributed by atoms with Gasteiger partial charge in [0.25, 0.3) is 0 Å². The van der Waals surface area contributed by atoms with Gasteiger partial charge in [-0.2, -0.15) is 5.10 Å². The first-order valence-corrected chi connectivity index (χ1v) is 6.91. The maximum Gasteiger partial charge on any atom is 0.356 e. The van der Waals surface area contributed by atoms with Crippen molar-refractivity contribution in [3.8, 4) is 5.82 Å². The summed E-state index contributed by atoms with van der Waals surface area (Å²) in [6, 6.07) is 1.50. The third-order valence-corrected chi connectivity index (χ3v) is 3.90. The maximum absolute atomic E-state index is 11.0. The van der Waals surface area contributed by atoms with Crippen LogP contribution in [0.5, 0.6) is 0 Å². The largest absolute Gasteiger partial charge is 0.476 e. The van der Waals surface area contributed by atoms with E-state index in [0.29, 0.717) is 5.92 Å². The van der Waals surface area contributed by atoms with Crippen LogP contribution in [0.2, 0.25) is 0 Å². The van der Waals surface area contributed by atoms with Gasteiger partial charge in [-0.1, -0.05) is 0 Å². The van der Waals surface area contributed by atoms with Gasteiger partial charge >= 0.3 is 5.97 Å². The lowest BCUT2D eigenvalue weighted by Gasteiger charge is -2.09. The van der Waals surface area contributed by atoms with Crippen LogP contribution in [-0.4, -0.2) is 30.8 Å². The van der Waals surface area contributed by atoms with Gasteiger partial charge in [0, 0.05) is 23.4 Å². The van der Waals surface area contributed by atoms with E-state index in [2.05, 4.69) is 15.1 Å². The van der Waals surface area contributed by atoms with E-state index in [4.69, 9.17) is 5.11 Å². The minimum absolute atomic E-state index is 0.0448. The number of hydrogen-bond acceptors (Lipinski definition) is 4. The minimum Gasteiger partial charge on any atom is -0.476 e. The average molecular weight is 270 g/mol. The third kappa shape index (κ3) is 1.79. The lowest BCUT2D eigenvalue weighted by atomic mass is 10.2. The first-order valence-electron chi connectivity index (χ1n) is 6.91. The number of aryl methyl sites for hydroxylation is 1. The van der Waals surface area contributed by atoms with Crippen LogP contribution in [0.3, 0.4) is 0 Å². The van der Waals surface area contributed by atoms with Crippen LogP contribution in [0.25, 0.3) is 5.82 Å². The van der Waals surface area contributed by atoms with Gasteiger partial charge in [0.1, 0.15) is 5.82 Å². The second kappa shape index (κ2) is 4.13. The number of aromatic carboxylic acids is 1. The highest BCUT2D eigenvalue weighted by molar-refractivity contribution is 5.85. The lowest BCUT2D eigenvalue weighted by molar-refractivity contribution is 0.0690.